The number of carbonyl (C=O) groups is 1. The molecule has 0 saturated carbocycles. The van der Waals surface area contributed by atoms with Gasteiger partial charge < -0.3 is 10.6 Å². The largest absolute Gasteiger partial charge is 0.352 e. The Bertz CT molecular complexity index is 646. The minimum Gasteiger partial charge on any atom is -0.352 e. The zero-order valence-electron chi connectivity index (χ0n) is 13.1. The summed E-state index contributed by atoms with van der Waals surface area (Å²) in [6.07, 6.45) is 0. The monoisotopic (exact) mass is 325 g/mol. The first kappa shape index (κ1) is 16.9. The Labute approximate surface area is 131 Å². The maximum atomic E-state index is 12.5. The maximum absolute atomic E-state index is 12.5. The van der Waals surface area contributed by atoms with Gasteiger partial charge in [-0.1, -0.05) is 18.2 Å². The van der Waals surface area contributed by atoms with Gasteiger partial charge in [-0.05, 0) is 32.4 Å². The van der Waals surface area contributed by atoms with Crippen LogP contribution >= 0.6 is 0 Å². The van der Waals surface area contributed by atoms with E-state index in [1.54, 1.807) is 45.0 Å². The van der Waals surface area contributed by atoms with Crippen LogP contribution < -0.4 is 15.4 Å². The molecule has 1 amide bonds. The Morgan fingerprint density at radius 2 is 1.91 bits per heavy atom. The zero-order chi connectivity index (χ0) is 16.4. The molecule has 1 aliphatic heterocycles. The third kappa shape index (κ3) is 4.28. The second kappa shape index (κ2) is 6.36. The minimum absolute atomic E-state index is 0.0172. The molecule has 0 spiro atoms. The van der Waals surface area contributed by atoms with Gasteiger partial charge in [-0.3, -0.25) is 4.79 Å². The van der Waals surface area contributed by atoms with E-state index >= 15 is 0 Å². The van der Waals surface area contributed by atoms with Crippen molar-refractivity contribution in [1.29, 1.82) is 0 Å². The summed E-state index contributed by atoms with van der Waals surface area (Å²) in [5.41, 5.74) is 0.0205. The lowest BCUT2D eigenvalue weighted by Crippen LogP contribution is -2.50. The predicted octanol–water partition coefficient (Wildman–Crippen LogP) is 0.599. The van der Waals surface area contributed by atoms with E-state index in [9.17, 15) is 13.2 Å². The molecule has 1 heterocycles. The van der Waals surface area contributed by atoms with E-state index < -0.39 is 15.6 Å². The first-order valence-electron chi connectivity index (χ1n) is 7.29. The van der Waals surface area contributed by atoms with E-state index in [1.807, 2.05) is 0 Å². The van der Waals surface area contributed by atoms with Crippen molar-refractivity contribution < 1.29 is 13.2 Å². The highest BCUT2D eigenvalue weighted by atomic mass is 32.2. The number of sulfonamides is 1. The van der Waals surface area contributed by atoms with E-state index in [0.717, 1.165) is 0 Å². The second-order valence-corrected chi connectivity index (χ2v) is 8.19. The summed E-state index contributed by atoms with van der Waals surface area (Å²) < 4.78 is 27.6. The van der Waals surface area contributed by atoms with Gasteiger partial charge in [0.25, 0.3) is 0 Å². The molecular weight excluding hydrogens is 302 g/mol. The quantitative estimate of drug-likeness (QED) is 0.740. The number of rotatable bonds is 5. The van der Waals surface area contributed by atoms with Gasteiger partial charge in [0.15, 0.2) is 0 Å². The fourth-order valence-corrected chi connectivity index (χ4v) is 3.83. The molecule has 0 radical (unpaired) electrons. The molecule has 1 aromatic rings. The molecule has 1 saturated heterocycles. The van der Waals surface area contributed by atoms with Crippen LogP contribution in [0.1, 0.15) is 26.3 Å². The van der Waals surface area contributed by atoms with Crippen LogP contribution in [-0.2, 0) is 21.4 Å². The van der Waals surface area contributed by atoms with Crippen molar-refractivity contribution in [3.8, 4) is 0 Å². The highest BCUT2D eigenvalue weighted by molar-refractivity contribution is 7.89. The van der Waals surface area contributed by atoms with E-state index in [-0.39, 0.29) is 23.3 Å². The molecule has 1 aliphatic rings. The Kier molecular flexibility index (Phi) is 4.89. The fourth-order valence-electron chi connectivity index (χ4n) is 2.17. The minimum atomic E-state index is -3.62. The van der Waals surface area contributed by atoms with Crippen molar-refractivity contribution in [2.75, 3.05) is 13.1 Å². The van der Waals surface area contributed by atoms with Crippen LogP contribution in [-0.4, -0.2) is 33.0 Å². The molecule has 122 valence electrons. The molecule has 3 N–H and O–H groups in total. The first-order valence-corrected chi connectivity index (χ1v) is 8.78. The summed E-state index contributed by atoms with van der Waals surface area (Å²) in [7, 11) is -3.62. The van der Waals surface area contributed by atoms with Crippen molar-refractivity contribution in [2.45, 2.75) is 37.8 Å². The highest BCUT2D eigenvalue weighted by Crippen LogP contribution is 2.18. The summed E-state index contributed by atoms with van der Waals surface area (Å²) in [6.45, 7) is 6.93. The summed E-state index contributed by atoms with van der Waals surface area (Å²) in [4.78, 5) is 12.1. The van der Waals surface area contributed by atoms with Crippen LogP contribution in [0.5, 0.6) is 0 Å². The van der Waals surface area contributed by atoms with Crippen LogP contribution in [0.15, 0.2) is 29.2 Å². The van der Waals surface area contributed by atoms with Gasteiger partial charge in [0, 0.05) is 25.2 Å². The van der Waals surface area contributed by atoms with Crippen molar-refractivity contribution >= 4 is 15.9 Å². The molecule has 1 fully saturated rings. The van der Waals surface area contributed by atoms with E-state index in [1.165, 1.54) is 0 Å². The topological polar surface area (TPSA) is 87.3 Å². The van der Waals surface area contributed by atoms with Gasteiger partial charge in [-0.25, -0.2) is 13.1 Å². The predicted molar refractivity (Wildman–Crippen MR) is 84.7 cm³/mol. The number of amides is 1. The average Bonchev–Trinajstić information content (AvgIpc) is 2.31. The van der Waals surface area contributed by atoms with E-state index in [4.69, 9.17) is 0 Å². The van der Waals surface area contributed by atoms with Crippen LogP contribution in [0, 0.1) is 5.92 Å². The number of carbonyl (C=O) groups excluding carboxylic acids is 1. The van der Waals surface area contributed by atoms with Gasteiger partial charge >= 0.3 is 0 Å². The Morgan fingerprint density at radius 1 is 1.27 bits per heavy atom. The van der Waals surface area contributed by atoms with Crippen LogP contribution in [0.4, 0.5) is 0 Å². The van der Waals surface area contributed by atoms with Gasteiger partial charge in [-0.2, -0.15) is 0 Å². The normalized spacial score (nSPS) is 16.1. The van der Waals surface area contributed by atoms with Crippen molar-refractivity contribution in [3.05, 3.63) is 29.8 Å². The molecule has 0 atom stereocenters. The number of benzene rings is 1. The molecule has 0 aliphatic carbocycles. The van der Waals surface area contributed by atoms with Crippen LogP contribution in [0.2, 0.25) is 0 Å². The lowest BCUT2D eigenvalue weighted by molar-refractivity contribution is -0.126. The smallest absolute Gasteiger partial charge is 0.241 e. The van der Waals surface area contributed by atoms with E-state index in [0.29, 0.717) is 18.7 Å². The average molecular weight is 325 g/mol. The summed E-state index contributed by atoms with van der Waals surface area (Å²) in [5, 5.41) is 5.84. The molecule has 0 aromatic heterocycles. The fraction of sp³-hybridized carbons (Fsp3) is 0.533. The van der Waals surface area contributed by atoms with Crippen molar-refractivity contribution in [1.82, 2.24) is 15.4 Å². The molecule has 2 rings (SSSR count). The third-order valence-corrected chi connectivity index (χ3v) is 5.17. The second-order valence-electron chi connectivity index (χ2n) is 6.54. The molecular formula is C15H23N3O3S. The van der Waals surface area contributed by atoms with Gasteiger partial charge in [0.2, 0.25) is 15.9 Å². The van der Waals surface area contributed by atoms with Gasteiger partial charge in [-0.15, -0.1) is 0 Å². The Hall–Kier alpha value is -1.44. The molecule has 7 heteroatoms. The Balaban J connectivity index is 2.14. The number of hydrogen-bond donors (Lipinski definition) is 3. The lowest BCUT2D eigenvalue weighted by Gasteiger charge is -2.26. The summed E-state index contributed by atoms with van der Waals surface area (Å²) in [5.74, 6) is -0.0637. The standard InChI is InChI=1S/C15H23N3O3S/c1-15(2,3)18-22(20,21)13-7-5-4-6-11(13)10-17-14(19)12-8-16-9-12/h4-7,12,16,18H,8-10H2,1-3H3,(H,17,19). The number of hydrogen-bond acceptors (Lipinski definition) is 4. The lowest BCUT2D eigenvalue weighted by atomic mass is 10.0. The van der Waals surface area contributed by atoms with Crippen molar-refractivity contribution in [2.24, 2.45) is 5.92 Å². The molecule has 22 heavy (non-hydrogen) atoms. The van der Waals surface area contributed by atoms with Gasteiger partial charge in [0.1, 0.15) is 0 Å². The van der Waals surface area contributed by atoms with Crippen molar-refractivity contribution in [3.63, 3.8) is 0 Å². The zero-order valence-corrected chi connectivity index (χ0v) is 14.0. The van der Waals surface area contributed by atoms with E-state index in [2.05, 4.69) is 15.4 Å². The first-order chi connectivity index (χ1) is 10.2. The molecule has 0 bridgehead atoms. The highest BCUT2D eigenvalue weighted by Gasteiger charge is 2.26. The SMILES string of the molecule is CC(C)(C)NS(=O)(=O)c1ccccc1CNC(=O)C1CNC1. The molecule has 1 aromatic carbocycles. The maximum Gasteiger partial charge on any atom is 0.241 e. The van der Waals surface area contributed by atoms with Crippen LogP contribution in [0.25, 0.3) is 0 Å². The summed E-state index contributed by atoms with van der Waals surface area (Å²) >= 11 is 0. The molecule has 0 unspecified atom stereocenters. The summed E-state index contributed by atoms with van der Waals surface area (Å²) in [6, 6.07) is 6.72. The Morgan fingerprint density at radius 3 is 2.45 bits per heavy atom. The number of nitrogens with one attached hydrogen (secondary N) is 3. The van der Waals surface area contributed by atoms with Crippen LogP contribution in [0.3, 0.4) is 0 Å². The van der Waals surface area contributed by atoms with Gasteiger partial charge in [0.05, 0.1) is 10.8 Å². The third-order valence-electron chi connectivity index (χ3n) is 3.31. The molecule has 6 nitrogen and oxygen atoms in total.